The monoisotopic (exact) mass is 597 g/mol. The Kier molecular flexibility index (Phi) is 6.85. The van der Waals surface area contributed by atoms with Crippen LogP contribution in [0, 0.1) is 11.6 Å². The van der Waals surface area contributed by atoms with E-state index in [1.165, 1.54) is 42.7 Å². The number of anilines is 5. The van der Waals surface area contributed by atoms with Crippen LogP contribution in [0.25, 0.3) is 16.9 Å². The Hall–Kier alpha value is -4.25. The number of nitrogens with two attached hydrogens (primary N) is 1. The highest BCUT2D eigenvalue weighted by Gasteiger charge is 2.35. The summed E-state index contributed by atoms with van der Waals surface area (Å²) in [4.78, 5) is 16.5. The van der Waals surface area contributed by atoms with E-state index in [9.17, 15) is 4.39 Å². The second-order valence-electron chi connectivity index (χ2n) is 12.5. The summed E-state index contributed by atoms with van der Waals surface area (Å²) >= 11 is 0. The van der Waals surface area contributed by atoms with Crippen molar-refractivity contribution in [2.45, 2.75) is 50.5 Å². The van der Waals surface area contributed by atoms with Crippen LogP contribution in [-0.4, -0.2) is 70.0 Å². The third kappa shape index (κ3) is 4.92. The number of nitrogen functional groups attached to an aromatic ring is 1. The zero-order chi connectivity index (χ0) is 29.8. The maximum absolute atomic E-state index is 15.3. The number of benzene rings is 2. The molecular formula is C33H37F2N9. The fraction of sp³-hybridized carbons (Fsp3) is 0.424. The van der Waals surface area contributed by atoms with Crippen LogP contribution in [0.5, 0.6) is 0 Å². The second-order valence-corrected chi connectivity index (χ2v) is 12.5. The van der Waals surface area contributed by atoms with Crippen molar-refractivity contribution in [3.8, 4) is 16.9 Å². The summed E-state index contributed by atoms with van der Waals surface area (Å²) in [6.07, 6.45) is 6.78. The minimum Gasteiger partial charge on any atom is -0.370 e. The van der Waals surface area contributed by atoms with Crippen molar-refractivity contribution in [3.05, 3.63) is 65.9 Å². The topological polar surface area (TPSA) is 91.4 Å². The molecule has 7 heterocycles. The first-order valence-electron chi connectivity index (χ1n) is 15.8. The molecule has 4 aromatic rings. The zero-order valence-electron chi connectivity index (χ0n) is 24.7. The predicted molar refractivity (Wildman–Crippen MR) is 169 cm³/mol. The Morgan fingerprint density at radius 3 is 2.34 bits per heavy atom. The first-order valence-corrected chi connectivity index (χ1v) is 15.8. The van der Waals surface area contributed by atoms with E-state index < -0.39 is 0 Å². The number of aromatic nitrogens is 4. The zero-order valence-corrected chi connectivity index (χ0v) is 24.7. The van der Waals surface area contributed by atoms with Crippen molar-refractivity contribution in [1.82, 2.24) is 24.6 Å². The van der Waals surface area contributed by atoms with E-state index in [2.05, 4.69) is 30.1 Å². The summed E-state index contributed by atoms with van der Waals surface area (Å²) in [5, 5.41) is 7.73. The van der Waals surface area contributed by atoms with E-state index in [0.29, 0.717) is 29.2 Å². The highest BCUT2D eigenvalue weighted by atomic mass is 19.1. The molecule has 0 saturated carbocycles. The molecule has 0 amide bonds. The third-order valence-corrected chi connectivity index (χ3v) is 9.85. The number of rotatable bonds is 6. The number of halogens is 2. The molecule has 2 aromatic heterocycles. The van der Waals surface area contributed by atoms with Gasteiger partial charge < -0.3 is 25.8 Å². The van der Waals surface area contributed by atoms with Gasteiger partial charge in [0, 0.05) is 49.4 Å². The molecule has 44 heavy (non-hydrogen) atoms. The van der Waals surface area contributed by atoms with Gasteiger partial charge in [-0.1, -0.05) is 12.1 Å². The van der Waals surface area contributed by atoms with Crippen LogP contribution < -0.4 is 20.9 Å². The number of hydrogen-bond acceptors (Lipinski definition) is 8. The average Bonchev–Trinajstić information content (AvgIpc) is 3.71. The van der Waals surface area contributed by atoms with E-state index in [-0.39, 0.29) is 23.5 Å². The van der Waals surface area contributed by atoms with Gasteiger partial charge in [0.05, 0.1) is 17.1 Å². The van der Waals surface area contributed by atoms with Crippen LogP contribution in [0.4, 0.5) is 37.7 Å². The van der Waals surface area contributed by atoms with Gasteiger partial charge in [-0.3, -0.25) is 0 Å². The van der Waals surface area contributed by atoms with Gasteiger partial charge in [-0.25, -0.2) is 13.8 Å². The lowest BCUT2D eigenvalue weighted by Crippen LogP contribution is -2.44. The van der Waals surface area contributed by atoms with E-state index in [1.54, 1.807) is 12.1 Å². The number of nitrogens with one attached hydrogen (secondary N) is 1. The first-order chi connectivity index (χ1) is 21.5. The van der Waals surface area contributed by atoms with Crippen LogP contribution in [0.15, 0.2) is 48.5 Å². The Morgan fingerprint density at radius 2 is 1.59 bits per heavy atom. The molecule has 11 heteroatoms. The summed E-state index contributed by atoms with van der Waals surface area (Å²) in [5.41, 5.74) is 11.3. The van der Waals surface area contributed by atoms with Crippen molar-refractivity contribution < 1.29 is 8.78 Å². The summed E-state index contributed by atoms with van der Waals surface area (Å²) in [6.45, 7) is 6.04. The maximum atomic E-state index is 15.3. The van der Waals surface area contributed by atoms with Crippen LogP contribution in [0.3, 0.4) is 0 Å². The van der Waals surface area contributed by atoms with E-state index in [1.807, 2.05) is 24.3 Å². The summed E-state index contributed by atoms with van der Waals surface area (Å²) < 4.78 is 31.1. The quantitative estimate of drug-likeness (QED) is 0.293. The van der Waals surface area contributed by atoms with Crippen molar-refractivity contribution in [1.29, 1.82) is 0 Å². The molecule has 0 unspecified atom stereocenters. The normalized spacial score (nSPS) is 19.1. The van der Waals surface area contributed by atoms with Crippen molar-refractivity contribution in [2.24, 2.45) is 0 Å². The van der Waals surface area contributed by atoms with Gasteiger partial charge in [0.25, 0.3) is 0 Å². The number of nitrogens with zero attached hydrogens (tertiary/aromatic N) is 7. The molecule has 3 saturated heterocycles. The van der Waals surface area contributed by atoms with Gasteiger partial charge in [-0.15, -0.1) is 5.10 Å². The molecule has 5 aliphatic heterocycles. The van der Waals surface area contributed by atoms with Crippen LogP contribution >= 0.6 is 0 Å². The summed E-state index contributed by atoms with van der Waals surface area (Å²) in [7, 11) is 0. The van der Waals surface area contributed by atoms with E-state index in [0.717, 1.165) is 74.4 Å². The largest absolute Gasteiger partial charge is 0.370 e. The molecule has 2 aromatic carbocycles. The molecule has 0 atom stereocenters. The SMILES string of the molecule is Nc1nc(Nc2ccc(N3CCC(N4CCCC4)CC3)c(F)c2)nn1-c1cc(-c2cccc(F)c2)c2c(n1)C1CCN2CC1. The van der Waals surface area contributed by atoms with Gasteiger partial charge in [-0.05, 0) is 93.6 Å². The van der Waals surface area contributed by atoms with E-state index >= 15 is 4.39 Å². The van der Waals surface area contributed by atoms with Crippen molar-refractivity contribution >= 4 is 29.0 Å². The van der Waals surface area contributed by atoms with Gasteiger partial charge in [0.2, 0.25) is 11.9 Å². The van der Waals surface area contributed by atoms with Crippen molar-refractivity contribution in [3.63, 3.8) is 0 Å². The number of pyridine rings is 1. The molecule has 0 radical (unpaired) electrons. The smallest absolute Gasteiger partial charge is 0.248 e. The molecular weight excluding hydrogens is 560 g/mol. The highest BCUT2D eigenvalue weighted by molar-refractivity contribution is 5.83. The number of likely N-dealkylation sites (tertiary alicyclic amines) is 1. The predicted octanol–water partition coefficient (Wildman–Crippen LogP) is 5.70. The standard InChI is InChI=1S/C33H37F2N9/c34-23-5-3-4-22(18-23)26-20-29(38-30-21-8-14-43(15-9-21)31(26)30)44-32(36)39-33(40-44)37-24-6-7-28(27(35)19-24)42-16-10-25(11-17-42)41-12-1-2-13-41/h3-7,18-21,25H,1-2,8-17H2,(H3,36,37,39,40). The lowest BCUT2D eigenvalue weighted by Gasteiger charge is -2.42. The molecule has 3 N–H and O–H groups in total. The average molecular weight is 598 g/mol. The molecule has 5 aliphatic rings. The fourth-order valence-corrected chi connectivity index (χ4v) is 7.62. The first kappa shape index (κ1) is 27.3. The second kappa shape index (κ2) is 11.0. The Morgan fingerprint density at radius 1 is 0.818 bits per heavy atom. The third-order valence-electron chi connectivity index (χ3n) is 9.85. The van der Waals surface area contributed by atoms with Gasteiger partial charge in [0.1, 0.15) is 11.6 Å². The summed E-state index contributed by atoms with van der Waals surface area (Å²) in [5.74, 6) is 0.693. The lowest BCUT2D eigenvalue weighted by molar-refractivity contribution is 0.207. The Bertz CT molecular complexity index is 1680. The minimum atomic E-state index is -0.290. The fourth-order valence-electron chi connectivity index (χ4n) is 7.62. The van der Waals surface area contributed by atoms with Gasteiger partial charge >= 0.3 is 0 Å². The highest BCUT2D eigenvalue weighted by Crippen LogP contribution is 2.47. The molecule has 228 valence electrons. The lowest BCUT2D eigenvalue weighted by atomic mass is 9.84. The van der Waals surface area contributed by atoms with Crippen molar-refractivity contribution in [2.75, 3.05) is 60.1 Å². The van der Waals surface area contributed by atoms with E-state index in [4.69, 9.17) is 10.7 Å². The number of piperidine rings is 2. The molecule has 2 bridgehead atoms. The Balaban J connectivity index is 1.04. The number of fused-ring (bicyclic) bond motifs is 2. The maximum Gasteiger partial charge on any atom is 0.248 e. The van der Waals surface area contributed by atoms with Crippen LogP contribution in [0.1, 0.15) is 50.1 Å². The van der Waals surface area contributed by atoms with Gasteiger partial charge in [-0.2, -0.15) is 9.67 Å². The molecule has 9 rings (SSSR count). The van der Waals surface area contributed by atoms with Crippen LogP contribution in [-0.2, 0) is 0 Å². The molecule has 3 fully saturated rings. The molecule has 9 nitrogen and oxygen atoms in total. The molecule has 0 aliphatic carbocycles. The molecule has 0 spiro atoms. The summed E-state index contributed by atoms with van der Waals surface area (Å²) in [6, 6.07) is 14.3. The van der Waals surface area contributed by atoms with Crippen LogP contribution in [0.2, 0.25) is 0 Å². The minimum absolute atomic E-state index is 0.157. The van der Waals surface area contributed by atoms with Gasteiger partial charge in [0.15, 0.2) is 5.82 Å². The number of hydrogen-bond donors (Lipinski definition) is 2. The Labute approximate surface area is 255 Å².